The second-order valence-corrected chi connectivity index (χ2v) is 7.89. The van der Waals surface area contributed by atoms with E-state index < -0.39 is 0 Å². The van der Waals surface area contributed by atoms with Crippen molar-refractivity contribution < 1.29 is 4.79 Å². The van der Waals surface area contributed by atoms with Gasteiger partial charge in [-0.25, -0.2) is 4.98 Å². The third kappa shape index (κ3) is 5.67. The van der Waals surface area contributed by atoms with Crippen LogP contribution >= 0.6 is 11.3 Å². The lowest BCUT2D eigenvalue weighted by Crippen LogP contribution is -2.32. The minimum absolute atomic E-state index is 0.162. The van der Waals surface area contributed by atoms with Gasteiger partial charge in [0.2, 0.25) is 5.91 Å². The predicted molar refractivity (Wildman–Crippen MR) is 110 cm³/mol. The van der Waals surface area contributed by atoms with Gasteiger partial charge in [0.25, 0.3) is 0 Å². The molecule has 1 N–H and O–H groups in total. The summed E-state index contributed by atoms with van der Waals surface area (Å²) < 4.78 is 1.24. The molecule has 136 valence electrons. The van der Waals surface area contributed by atoms with E-state index in [1.807, 2.05) is 18.2 Å². The summed E-state index contributed by atoms with van der Waals surface area (Å²) in [7, 11) is 0. The van der Waals surface area contributed by atoms with Crippen molar-refractivity contribution in [2.24, 2.45) is 0 Å². The highest BCUT2D eigenvalue weighted by molar-refractivity contribution is 7.18. The normalized spacial score (nSPS) is 12.2. The Kier molecular flexibility index (Phi) is 6.78. The lowest BCUT2D eigenvalue weighted by atomic mass is 10.1. The highest BCUT2D eigenvalue weighted by Gasteiger charge is 2.08. The van der Waals surface area contributed by atoms with Crippen LogP contribution in [0.3, 0.4) is 0 Å². The van der Waals surface area contributed by atoms with Crippen LogP contribution in [0.25, 0.3) is 10.2 Å². The molecule has 1 heterocycles. The maximum Gasteiger partial charge on any atom is 0.220 e. The average molecular weight is 367 g/mol. The molecule has 3 rings (SSSR count). The third-order valence-corrected chi connectivity index (χ3v) is 5.60. The Hall–Kier alpha value is -2.20. The van der Waals surface area contributed by atoms with Crippen molar-refractivity contribution in [1.29, 1.82) is 0 Å². The molecular weight excluding hydrogens is 340 g/mol. The van der Waals surface area contributed by atoms with Gasteiger partial charge in [0.05, 0.1) is 15.2 Å². The number of para-hydroxylation sites is 1. The zero-order chi connectivity index (χ0) is 18.2. The summed E-state index contributed by atoms with van der Waals surface area (Å²) in [6.07, 6.45) is 5.44. The number of unbranched alkanes of at least 4 members (excludes halogenated alkanes) is 1. The van der Waals surface area contributed by atoms with Crippen molar-refractivity contribution in [3.8, 4) is 0 Å². The second-order valence-electron chi connectivity index (χ2n) is 6.78. The van der Waals surface area contributed by atoms with Crippen LogP contribution in [0.5, 0.6) is 0 Å². The van der Waals surface area contributed by atoms with Gasteiger partial charge < -0.3 is 5.32 Å². The summed E-state index contributed by atoms with van der Waals surface area (Å²) >= 11 is 1.76. The molecule has 1 unspecified atom stereocenters. The monoisotopic (exact) mass is 366 g/mol. The summed E-state index contributed by atoms with van der Waals surface area (Å²) in [5, 5.41) is 4.29. The molecule has 2 aromatic carbocycles. The van der Waals surface area contributed by atoms with Gasteiger partial charge in [0.1, 0.15) is 0 Å². The Morgan fingerprint density at radius 1 is 1.04 bits per heavy atom. The van der Waals surface area contributed by atoms with Crippen molar-refractivity contribution >= 4 is 27.5 Å². The first-order valence-electron chi connectivity index (χ1n) is 9.38. The van der Waals surface area contributed by atoms with Crippen LogP contribution < -0.4 is 5.32 Å². The van der Waals surface area contributed by atoms with Gasteiger partial charge in [-0.15, -0.1) is 11.3 Å². The fourth-order valence-corrected chi connectivity index (χ4v) is 4.04. The molecule has 0 radical (unpaired) electrons. The molecule has 0 bridgehead atoms. The number of fused-ring (bicyclic) bond motifs is 1. The first-order chi connectivity index (χ1) is 12.7. The lowest BCUT2D eigenvalue weighted by Gasteiger charge is -2.13. The van der Waals surface area contributed by atoms with Crippen LogP contribution in [0.1, 0.15) is 43.2 Å². The molecular formula is C22H26N2OS. The minimum atomic E-state index is 0.162. The van der Waals surface area contributed by atoms with Gasteiger partial charge in [-0.1, -0.05) is 42.5 Å². The molecule has 3 nitrogen and oxygen atoms in total. The van der Waals surface area contributed by atoms with Gasteiger partial charge in [0.15, 0.2) is 0 Å². The Morgan fingerprint density at radius 2 is 1.81 bits per heavy atom. The van der Waals surface area contributed by atoms with E-state index in [0.29, 0.717) is 6.42 Å². The number of carbonyl (C=O) groups excluding carboxylic acids is 1. The number of nitrogens with one attached hydrogen (secondary N) is 1. The molecule has 1 amide bonds. The molecule has 3 aromatic rings. The van der Waals surface area contributed by atoms with E-state index in [2.05, 4.69) is 53.6 Å². The largest absolute Gasteiger partial charge is 0.354 e. The van der Waals surface area contributed by atoms with Crippen molar-refractivity contribution in [1.82, 2.24) is 10.3 Å². The van der Waals surface area contributed by atoms with Gasteiger partial charge in [0, 0.05) is 12.5 Å². The Balaban J connectivity index is 1.32. The van der Waals surface area contributed by atoms with Gasteiger partial charge in [-0.05, 0) is 56.7 Å². The number of benzene rings is 2. The third-order valence-electron chi connectivity index (χ3n) is 4.50. The Bertz CT molecular complexity index is 795. The summed E-state index contributed by atoms with van der Waals surface area (Å²) in [6.45, 7) is 2.09. The Labute approximate surface area is 159 Å². The van der Waals surface area contributed by atoms with E-state index in [1.165, 1.54) is 15.3 Å². The fourth-order valence-electron chi connectivity index (χ4n) is 3.04. The zero-order valence-corrected chi connectivity index (χ0v) is 16.1. The number of nitrogens with zero attached hydrogens (tertiary/aromatic N) is 1. The molecule has 0 spiro atoms. The van der Waals surface area contributed by atoms with Crippen molar-refractivity contribution in [3.05, 3.63) is 65.2 Å². The molecule has 1 aromatic heterocycles. The fraction of sp³-hybridized carbons (Fsp3) is 0.364. The molecule has 4 heteroatoms. The summed E-state index contributed by atoms with van der Waals surface area (Å²) in [5.41, 5.74) is 2.40. The van der Waals surface area contributed by atoms with Crippen LogP contribution in [-0.4, -0.2) is 16.9 Å². The first-order valence-corrected chi connectivity index (χ1v) is 10.2. The predicted octanol–water partition coefficient (Wildman–Crippen LogP) is 5.15. The van der Waals surface area contributed by atoms with Crippen LogP contribution in [0, 0.1) is 0 Å². The zero-order valence-electron chi connectivity index (χ0n) is 15.3. The van der Waals surface area contributed by atoms with Gasteiger partial charge in [-0.3, -0.25) is 4.79 Å². The lowest BCUT2D eigenvalue weighted by molar-refractivity contribution is -0.121. The summed E-state index contributed by atoms with van der Waals surface area (Å²) in [6, 6.07) is 18.9. The van der Waals surface area contributed by atoms with Crippen molar-refractivity contribution in [2.75, 3.05) is 0 Å². The molecule has 0 saturated heterocycles. The average Bonchev–Trinajstić information content (AvgIpc) is 3.07. The first kappa shape index (κ1) is 18.6. The molecule has 0 saturated carbocycles. The van der Waals surface area contributed by atoms with Crippen LogP contribution in [0.15, 0.2) is 54.6 Å². The SMILES string of the molecule is CC(CCc1ccccc1)NC(=O)CCCCc1nc2ccccc2s1. The van der Waals surface area contributed by atoms with Crippen LogP contribution in [0.4, 0.5) is 0 Å². The maximum absolute atomic E-state index is 12.1. The standard InChI is InChI=1S/C22H26N2OS/c1-17(15-16-18-9-3-2-4-10-18)23-21(25)13-7-8-14-22-24-19-11-5-6-12-20(19)26-22/h2-6,9-12,17H,7-8,13-16H2,1H3,(H,23,25). The van der Waals surface area contributed by atoms with Crippen LogP contribution in [-0.2, 0) is 17.6 Å². The quantitative estimate of drug-likeness (QED) is 0.532. The van der Waals surface area contributed by atoms with E-state index in [0.717, 1.165) is 37.6 Å². The molecule has 0 aliphatic carbocycles. The number of aryl methyl sites for hydroxylation is 2. The number of carbonyl (C=O) groups is 1. The molecule has 0 aliphatic rings. The number of amides is 1. The number of rotatable bonds is 9. The second kappa shape index (κ2) is 9.48. The number of thiazole rings is 1. The van der Waals surface area contributed by atoms with E-state index in [-0.39, 0.29) is 11.9 Å². The summed E-state index contributed by atoms with van der Waals surface area (Å²) in [4.78, 5) is 16.7. The van der Waals surface area contributed by atoms with Crippen molar-refractivity contribution in [3.63, 3.8) is 0 Å². The van der Waals surface area contributed by atoms with Gasteiger partial charge >= 0.3 is 0 Å². The van der Waals surface area contributed by atoms with Crippen molar-refractivity contribution in [2.45, 2.75) is 51.5 Å². The number of hydrogen-bond acceptors (Lipinski definition) is 3. The van der Waals surface area contributed by atoms with E-state index >= 15 is 0 Å². The van der Waals surface area contributed by atoms with E-state index in [1.54, 1.807) is 11.3 Å². The van der Waals surface area contributed by atoms with Gasteiger partial charge in [-0.2, -0.15) is 0 Å². The topological polar surface area (TPSA) is 42.0 Å². The summed E-state index contributed by atoms with van der Waals surface area (Å²) in [5.74, 6) is 0.162. The smallest absolute Gasteiger partial charge is 0.220 e. The molecule has 1 atom stereocenters. The highest BCUT2D eigenvalue weighted by atomic mass is 32.1. The maximum atomic E-state index is 12.1. The molecule has 0 aliphatic heterocycles. The highest BCUT2D eigenvalue weighted by Crippen LogP contribution is 2.22. The van der Waals surface area contributed by atoms with E-state index in [9.17, 15) is 4.79 Å². The number of hydrogen-bond donors (Lipinski definition) is 1. The molecule has 26 heavy (non-hydrogen) atoms. The minimum Gasteiger partial charge on any atom is -0.354 e. The van der Waals surface area contributed by atoms with E-state index in [4.69, 9.17) is 0 Å². The number of aromatic nitrogens is 1. The van der Waals surface area contributed by atoms with Crippen LogP contribution in [0.2, 0.25) is 0 Å². The Morgan fingerprint density at radius 3 is 2.62 bits per heavy atom. The molecule has 0 fully saturated rings.